The SMILES string of the molecule is Cc1nc2c(NCCCN(C)C)nc(-c3ccc(N4CCN(C)CC4)cc3)nc2n1C. The largest absolute Gasteiger partial charge is 0.369 e. The fourth-order valence-corrected chi connectivity index (χ4v) is 3.91. The molecule has 1 aliphatic heterocycles. The number of rotatable bonds is 7. The summed E-state index contributed by atoms with van der Waals surface area (Å²) in [5, 5.41) is 3.49. The summed E-state index contributed by atoms with van der Waals surface area (Å²) in [7, 11) is 8.37. The maximum Gasteiger partial charge on any atom is 0.166 e. The molecule has 0 amide bonds. The van der Waals surface area contributed by atoms with Crippen molar-refractivity contribution in [1.29, 1.82) is 0 Å². The van der Waals surface area contributed by atoms with Crippen LogP contribution >= 0.6 is 0 Å². The number of imidazole rings is 1. The van der Waals surface area contributed by atoms with Gasteiger partial charge < -0.3 is 24.6 Å². The molecule has 31 heavy (non-hydrogen) atoms. The lowest BCUT2D eigenvalue weighted by Crippen LogP contribution is -2.44. The molecule has 0 radical (unpaired) electrons. The van der Waals surface area contributed by atoms with E-state index in [-0.39, 0.29) is 0 Å². The van der Waals surface area contributed by atoms with Crippen molar-refractivity contribution in [2.75, 3.05) is 70.6 Å². The molecule has 0 spiro atoms. The minimum atomic E-state index is 0.732. The lowest BCUT2D eigenvalue weighted by atomic mass is 10.1. The third-order valence-corrected chi connectivity index (χ3v) is 6.01. The van der Waals surface area contributed by atoms with E-state index in [4.69, 9.17) is 15.0 Å². The van der Waals surface area contributed by atoms with Gasteiger partial charge in [-0.1, -0.05) is 0 Å². The van der Waals surface area contributed by atoms with E-state index in [1.807, 2.05) is 18.5 Å². The van der Waals surface area contributed by atoms with E-state index in [0.717, 1.165) is 79.9 Å². The van der Waals surface area contributed by atoms with Crippen molar-refractivity contribution in [3.05, 3.63) is 30.1 Å². The molecular formula is C23H34N8. The molecule has 8 nitrogen and oxygen atoms in total. The van der Waals surface area contributed by atoms with E-state index in [1.54, 1.807) is 0 Å². The Morgan fingerprint density at radius 2 is 1.68 bits per heavy atom. The number of likely N-dealkylation sites (N-methyl/N-ethyl adjacent to an activating group) is 1. The molecule has 1 aromatic carbocycles. The van der Waals surface area contributed by atoms with Gasteiger partial charge in [0.2, 0.25) is 0 Å². The Bertz CT molecular complexity index is 1020. The van der Waals surface area contributed by atoms with Gasteiger partial charge in [0, 0.05) is 51.0 Å². The Labute approximate surface area is 184 Å². The van der Waals surface area contributed by atoms with Gasteiger partial charge in [0.25, 0.3) is 0 Å². The lowest BCUT2D eigenvalue weighted by Gasteiger charge is -2.34. The zero-order chi connectivity index (χ0) is 22.0. The molecule has 1 aliphatic rings. The Hall–Kier alpha value is -2.71. The predicted molar refractivity (Wildman–Crippen MR) is 128 cm³/mol. The van der Waals surface area contributed by atoms with Crippen LogP contribution < -0.4 is 10.2 Å². The first kappa shape index (κ1) is 21.5. The lowest BCUT2D eigenvalue weighted by molar-refractivity contribution is 0.313. The zero-order valence-electron chi connectivity index (χ0n) is 19.4. The zero-order valence-corrected chi connectivity index (χ0v) is 19.4. The van der Waals surface area contributed by atoms with Crippen LogP contribution in [0.1, 0.15) is 12.2 Å². The molecule has 1 N–H and O–H groups in total. The second-order valence-corrected chi connectivity index (χ2v) is 8.71. The summed E-state index contributed by atoms with van der Waals surface area (Å²) in [5.41, 5.74) is 3.98. The summed E-state index contributed by atoms with van der Waals surface area (Å²) in [6, 6.07) is 8.64. The second kappa shape index (κ2) is 9.20. The molecular weight excluding hydrogens is 388 g/mol. The van der Waals surface area contributed by atoms with Gasteiger partial charge in [-0.25, -0.2) is 15.0 Å². The van der Waals surface area contributed by atoms with Gasteiger partial charge in [0.05, 0.1) is 0 Å². The van der Waals surface area contributed by atoms with Crippen LogP contribution in [0.3, 0.4) is 0 Å². The first-order valence-corrected chi connectivity index (χ1v) is 11.1. The first-order valence-electron chi connectivity index (χ1n) is 11.1. The highest BCUT2D eigenvalue weighted by Crippen LogP contribution is 2.27. The summed E-state index contributed by atoms with van der Waals surface area (Å²) in [6.07, 6.45) is 1.04. The highest BCUT2D eigenvalue weighted by atomic mass is 15.2. The quantitative estimate of drug-likeness (QED) is 0.587. The summed E-state index contributed by atoms with van der Waals surface area (Å²) in [4.78, 5) is 21.4. The summed E-state index contributed by atoms with van der Waals surface area (Å²) in [6.45, 7) is 8.21. The monoisotopic (exact) mass is 422 g/mol. The van der Waals surface area contributed by atoms with Crippen molar-refractivity contribution >= 4 is 22.7 Å². The van der Waals surface area contributed by atoms with Crippen molar-refractivity contribution in [2.45, 2.75) is 13.3 Å². The third-order valence-electron chi connectivity index (χ3n) is 6.01. The molecule has 0 bridgehead atoms. The second-order valence-electron chi connectivity index (χ2n) is 8.71. The van der Waals surface area contributed by atoms with E-state index < -0.39 is 0 Å². The number of nitrogens with zero attached hydrogens (tertiary/aromatic N) is 7. The normalized spacial score (nSPS) is 15.2. The van der Waals surface area contributed by atoms with Crippen LogP contribution in [0.4, 0.5) is 11.5 Å². The number of piperazine rings is 1. The van der Waals surface area contributed by atoms with Gasteiger partial charge in [-0.3, -0.25) is 0 Å². The van der Waals surface area contributed by atoms with Crippen molar-refractivity contribution in [3.8, 4) is 11.4 Å². The molecule has 3 aromatic rings. The maximum absolute atomic E-state index is 4.86. The standard InChI is InChI=1S/C23H34N8/c1-17-25-20-22(24-11-6-12-28(2)3)26-21(27-23(20)30(17)5)18-7-9-19(10-8-18)31-15-13-29(4)14-16-31/h7-10H,6,11-16H2,1-5H3,(H,24,26,27). The fraction of sp³-hybridized carbons (Fsp3) is 0.522. The van der Waals surface area contributed by atoms with E-state index in [9.17, 15) is 0 Å². The van der Waals surface area contributed by atoms with Gasteiger partial charge in [0.1, 0.15) is 5.82 Å². The average molecular weight is 423 g/mol. The molecule has 0 saturated carbocycles. The van der Waals surface area contributed by atoms with E-state index in [0.29, 0.717) is 0 Å². The highest BCUT2D eigenvalue weighted by molar-refractivity contribution is 5.85. The van der Waals surface area contributed by atoms with E-state index in [1.165, 1.54) is 5.69 Å². The van der Waals surface area contributed by atoms with Crippen molar-refractivity contribution in [3.63, 3.8) is 0 Å². The number of nitrogens with one attached hydrogen (secondary N) is 1. The Morgan fingerprint density at radius 1 is 0.968 bits per heavy atom. The molecule has 0 unspecified atom stereocenters. The van der Waals surface area contributed by atoms with Crippen molar-refractivity contribution in [2.24, 2.45) is 7.05 Å². The molecule has 3 heterocycles. The number of anilines is 2. The molecule has 8 heteroatoms. The predicted octanol–water partition coefficient (Wildman–Crippen LogP) is 2.45. The van der Waals surface area contributed by atoms with Gasteiger partial charge >= 0.3 is 0 Å². The average Bonchev–Trinajstić information content (AvgIpc) is 3.06. The van der Waals surface area contributed by atoms with Gasteiger partial charge in [-0.2, -0.15) is 0 Å². The van der Waals surface area contributed by atoms with Gasteiger partial charge in [0.15, 0.2) is 22.8 Å². The Kier molecular flexibility index (Phi) is 6.38. The van der Waals surface area contributed by atoms with Crippen molar-refractivity contribution in [1.82, 2.24) is 29.3 Å². The Morgan fingerprint density at radius 3 is 2.35 bits per heavy atom. The van der Waals surface area contributed by atoms with Crippen LogP contribution in [0.2, 0.25) is 0 Å². The van der Waals surface area contributed by atoms with E-state index in [2.05, 4.69) is 65.4 Å². The van der Waals surface area contributed by atoms with Crippen LogP contribution in [0, 0.1) is 6.92 Å². The maximum atomic E-state index is 4.86. The number of aryl methyl sites for hydroxylation is 2. The van der Waals surface area contributed by atoms with Gasteiger partial charge in [-0.05, 0) is 65.3 Å². The van der Waals surface area contributed by atoms with Crippen LogP contribution in [0.25, 0.3) is 22.6 Å². The van der Waals surface area contributed by atoms with Crippen LogP contribution in [0.15, 0.2) is 24.3 Å². The Balaban J connectivity index is 1.60. The van der Waals surface area contributed by atoms with Crippen LogP contribution in [-0.4, -0.2) is 89.7 Å². The molecule has 1 saturated heterocycles. The summed E-state index contributed by atoms with van der Waals surface area (Å²) in [5.74, 6) is 2.48. The number of fused-ring (bicyclic) bond motifs is 1. The minimum absolute atomic E-state index is 0.732. The molecule has 0 atom stereocenters. The van der Waals surface area contributed by atoms with Crippen LogP contribution in [0.5, 0.6) is 0 Å². The molecule has 2 aromatic heterocycles. The number of aromatic nitrogens is 4. The third kappa shape index (κ3) is 4.80. The molecule has 1 fully saturated rings. The number of benzene rings is 1. The van der Waals surface area contributed by atoms with Gasteiger partial charge in [-0.15, -0.1) is 0 Å². The number of hydrogen-bond donors (Lipinski definition) is 1. The summed E-state index contributed by atoms with van der Waals surface area (Å²) >= 11 is 0. The minimum Gasteiger partial charge on any atom is -0.369 e. The van der Waals surface area contributed by atoms with E-state index >= 15 is 0 Å². The van der Waals surface area contributed by atoms with Crippen LogP contribution in [-0.2, 0) is 7.05 Å². The topological polar surface area (TPSA) is 65.4 Å². The summed E-state index contributed by atoms with van der Waals surface area (Å²) < 4.78 is 2.03. The number of hydrogen-bond acceptors (Lipinski definition) is 7. The molecule has 166 valence electrons. The first-order chi connectivity index (χ1) is 14.9. The fourth-order valence-electron chi connectivity index (χ4n) is 3.91. The molecule has 4 rings (SSSR count). The molecule has 0 aliphatic carbocycles. The highest BCUT2D eigenvalue weighted by Gasteiger charge is 2.17. The van der Waals surface area contributed by atoms with Crippen molar-refractivity contribution < 1.29 is 0 Å². The smallest absolute Gasteiger partial charge is 0.166 e.